The van der Waals surface area contributed by atoms with Crippen LogP contribution in [0.1, 0.15) is 28.9 Å². The third-order valence-electron chi connectivity index (χ3n) is 4.82. The Labute approximate surface area is 140 Å². The summed E-state index contributed by atoms with van der Waals surface area (Å²) < 4.78 is 0. The van der Waals surface area contributed by atoms with Crippen molar-refractivity contribution in [2.24, 2.45) is 5.92 Å². The Hall–Kier alpha value is -2.59. The maximum atomic E-state index is 12.5. The topological polar surface area (TPSA) is 65.1 Å². The second kappa shape index (κ2) is 5.80. The van der Waals surface area contributed by atoms with E-state index in [1.54, 1.807) is 0 Å². The number of H-pyrrole nitrogens is 1. The zero-order valence-electron chi connectivity index (χ0n) is 13.3. The quantitative estimate of drug-likeness (QED) is 0.676. The number of hydrogen-bond donors (Lipinski definition) is 3. The van der Waals surface area contributed by atoms with E-state index in [2.05, 4.69) is 10.3 Å². The summed E-state index contributed by atoms with van der Waals surface area (Å²) in [5.74, 6) is 0.0177. The molecule has 1 heterocycles. The predicted molar refractivity (Wildman–Crippen MR) is 93.7 cm³/mol. The first-order valence-electron chi connectivity index (χ1n) is 8.31. The molecule has 0 bridgehead atoms. The van der Waals surface area contributed by atoms with Crippen LogP contribution in [0.25, 0.3) is 10.9 Å². The van der Waals surface area contributed by atoms with Gasteiger partial charge in [0.05, 0.1) is 6.54 Å². The average Bonchev–Trinajstić information content (AvgIpc) is 3.39. The molecule has 4 rings (SSSR count). The lowest BCUT2D eigenvalue weighted by molar-refractivity contribution is 0.0134. The highest BCUT2D eigenvalue weighted by Crippen LogP contribution is 2.45. The largest absolute Gasteiger partial charge is 0.383 e. The lowest BCUT2D eigenvalue weighted by Crippen LogP contribution is -2.42. The summed E-state index contributed by atoms with van der Waals surface area (Å²) in [5.41, 5.74) is 1.32. The van der Waals surface area contributed by atoms with Crippen LogP contribution < -0.4 is 5.32 Å². The summed E-state index contributed by atoms with van der Waals surface area (Å²) in [6.45, 7) is 0.218. The number of fused-ring (bicyclic) bond motifs is 1. The van der Waals surface area contributed by atoms with Gasteiger partial charge in [-0.05, 0) is 36.5 Å². The Morgan fingerprint density at radius 3 is 2.54 bits per heavy atom. The number of para-hydroxylation sites is 1. The Bertz CT molecular complexity index is 834. The molecule has 1 atom stereocenters. The molecular weight excluding hydrogens is 300 g/mol. The third kappa shape index (κ3) is 2.69. The highest BCUT2D eigenvalue weighted by Gasteiger charge is 2.45. The molecule has 0 aliphatic heterocycles. The van der Waals surface area contributed by atoms with E-state index in [-0.39, 0.29) is 18.4 Å². The smallest absolute Gasteiger partial charge is 0.267 e. The first-order valence-corrected chi connectivity index (χ1v) is 8.31. The zero-order valence-corrected chi connectivity index (χ0v) is 13.3. The summed E-state index contributed by atoms with van der Waals surface area (Å²) in [4.78, 5) is 15.6. The molecule has 1 unspecified atom stereocenters. The van der Waals surface area contributed by atoms with Crippen LogP contribution in [0.5, 0.6) is 0 Å². The maximum Gasteiger partial charge on any atom is 0.267 e. The maximum absolute atomic E-state index is 12.5. The SMILES string of the molecule is O=C(NCC(O)(c1ccccc1)C1CC1)c1cc2ccccc2[nH]1. The summed E-state index contributed by atoms with van der Waals surface area (Å²) in [5, 5.41) is 15.0. The van der Waals surface area contributed by atoms with Gasteiger partial charge in [0.1, 0.15) is 11.3 Å². The number of aromatic nitrogens is 1. The molecule has 1 fully saturated rings. The van der Waals surface area contributed by atoms with E-state index in [1.165, 1.54) is 0 Å². The number of carbonyl (C=O) groups excluding carboxylic acids is 1. The molecule has 1 aromatic heterocycles. The van der Waals surface area contributed by atoms with Gasteiger partial charge in [-0.25, -0.2) is 0 Å². The van der Waals surface area contributed by atoms with Gasteiger partial charge in [0.25, 0.3) is 5.91 Å². The van der Waals surface area contributed by atoms with Crippen LogP contribution in [0.4, 0.5) is 0 Å². The van der Waals surface area contributed by atoms with E-state index >= 15 is 0 Å². The van der Waals surface area contributed by atoms with Gasteiger partial charge >= 0.3 is 0 Å². The third-order valence-corrected chi connectivity index (χ3v) is 4.82. The lowest BCUT2D eigenvalue weighted by Gasteiger charge is -2.29. The molecule has 1 saturated carbocycles. The van der Waals surface area contributed by atoms with Crippen molar-refractivity contribution < 1.29 is 9.90 Å². The number of rotatable bonds is 5. The Morgan fingerprint density at radius 1 is 1.12 bits per heavy atom. The first-order chi connectivity index (χ1) is 11.7. The zero-order chi connectivity index (χ0) is 16.6. The van der Waals surface area contributed by atoms with Crippen LogP contribution >= 0.6 is 0 Å². The van der Waals surface area contributed by atoms with Crippen LogP contribution in [0, 0.1) is 5.92 Å². The highest BCUT2D eigenvalue weighted by atomic mass is 16.3. The molecule has 1 aliphatic carbocycles. The monoisotopic (exact) mass is 320 g/mol. The molecule has 24 heavy (non-hydrogen) atoms. The van der Waals surface area contributed by atoms with Crippen LogP contribution in [-0.2, 0) is 5.60 Å². The molecule has 1 amide bonds. The molecule has 4 heteroatoms. The second-order valence-electron chi connectivity index (χ2n) is 6.52. The molecule has 2 aromatic carbocycles. The normalized spacial score (nSPS) is 16.7. The van der Waals surface area contributed by atoms with E-state index in [4.69, 9.17) is 0 Å². The lowest BCUT2D eigenvalue weighted by atomic mass is 9.88. The van der Waals surface area contributed by atoms with E-state index in [9.17, 15) is 9.90 Å². The summed E-state index contributed by atoms with van der Waals surface area (Å²) in [6, 6.07) is 19.2. The van der Waals surface area contributed by atoms with Gasteiger partial charge in [-0.1, -0.05) is 48.5 Å². The van der Waals surface area contributed by atoms with E-state index in [0.29, 0.717) is 5.69 Å². The van der Waals surface area contributed by atoms with Crippen LogP contribution in [0.15, 0.2) is 60.7 Å². The van der Waals surface area contributed by atoms with Crippen molar-refractivity contribution in [2.75, 3.05) is 6.54 Å². The van der Waals surface area contributed by atoms with Crippen molar-refractivity contribution in [1.29, 1.82) is 0 Å². The van der Waals surface area contributed by atoms with Gasteiger partial charge in [-0.3, -0.25) is 4.79 Å². The predicted octanol–water partition coefficient (Wildman–Crippen LogP) is 3.20. The molecule has 0 spiro atoms. The molecule has 0 saturated heterocycles. The average molecular weight is 320 g/mol. The minimum absolute atomic E-state index is 0.193. The van der Waals surface area contributed by atoms with Crippen molar-refractivity contribution in [3.8, 4) is 0 Å². The molecule has 122 valence electrons. The minimum Gasteiger partial charge on any atom is -0.383 e. The van der Waals surface area contributed by atoms with Gasteiger partial charge < -0.3 is 15.4 Å². The van der Waals surface area contributed by atoms with Crippen molar-refractivity contribution >= 4 is 16.8 Å². The van der Waals surface area contributed by atoms with Crippen molar-refractivity contribution in [1.82, 2.24) is 10.3 Å². The fraction of sp³-hybridized carbons (Fsp3) is 0.250. The van der Waals surface area contributed by atoms with Crippen LogP contribution in [0.3, 0.4) is 0 Å². The fourth-order valence-electron chi connectivity index (χ4n) is 3.28. The van der Waals surface area contributed by atoms with E-state index < -0.39 is 5.60 Å². The van der Waals surface area contributed by atoms with Crippen molar-refractivity contribution in [2.45, 2.75) is 18.4 Å². The number of hydrogen-bond acceptors (Lipinski definition) is 2. The molecule has 3 aromatic rings. The Balaban J connectivity index is 1.53. The van der Waals surface area contributed by atoms with E-state index in [0.717, 1.165) is 29.3 Å². The number of aliphatic hydroxyl groups is 1. The second-order valence-corrected chi connectivity index (χ2v) is 6.52. The Kier molecular flexibility index (Phi) is 3.62. The van der Waals surface area contributed by atoms with Crippen molar-refractivity contribution in [3.63, 3.8) is 0 Å². The van der Waals surface area contributed by atoms with Gasteiger partial charge in [0.2, 0.25) is 0 Å². The highest BCUT2D eigenvalue weighted by molar-refractivity contribution is 5.98. The first kappa shape index (κ1) is 15.0. The van der Waals surface area contributed by atoms with Crippen molar-refractivity contribution in [3.05, 3.63) is 71.9 Å². The Morgan fingerprint density at radius 2 is 1.83 bits per heavy atom. The van der Waals surface area contributed by atoms with Gasteiger partial charge in [-0.15, -0.1) is 0 Å². The van der Waals surface area contributed by atoms with Gasteiger partial charge in [-0.2, -0.15) is 0 Å². The number of carbonyl (C=O) groups is 1. The minimum atomic E-state index is -0.997. The summed E-state index contributed by atoms with van der Waals surface area (Å²) >= 11 is 0. The molecule has 4 nitrogen and oxygen atoms in total. The standard InChI is InChI=1S/C20H20N2O2/c23-19(18-12-14-6-4-5-9-17(14)22-18)21-13-20(24,16-10-11-16)15-7-2-1-3-8-15/h1-9,12,16,22,24H,10-11,13H2,(H,21,23). The van der Waals surface area contributed by atoms with Crippen LogP contribution in [0.2, 0.25) is 0 Å². The summed E-state index contributed by atoms with van der Waals surface area (Å²) in [6.07, 6.45) is 1.99. The molecule has 3 N–H and O–H groups in total. The number of nitrogens with one attached hydrogen (secondary N) is 2. The van der Waals surface area contributed by atoms with Gasteiger partial charge in [0.15, 0.2) is 0 Å². The molecular formula is C20H20N2O2. The molecule has 1 aliphatic rings. The van der Waals surface area contributed by atoms with Gasteiger partial charge in [0, 0.05) is 10.9 Å². The van der Waals surface area contributed by atoms with Crippen LogP contribution in [-0.4, -0.2) is 22.5 Å². The van der Waals surface area contributed by atoms with E-state index in [1.807, 2.05) is 60.7 Å². The number of amides is 1. The fourth-order valence-corrected chi connectivity index (χ4v) is 3.28. The number of aromatic amines is 1. The summed E-state index contributed by atoms with van der Waals surface area (Å²) in [7, 11) is 0. The number of benzene rings is 2. The molecule has 0 radical (unpaired) electrons.